The molecule has 0 aromatic rings. The minimum Gasteiger partial charge on any atom is -0.460 e. The molecule has 0 bridgehead atoms. The molecule has 0 radical (unpaired) electrons. The van der Waals surface area contributed by atoms with Gasteiger partial charge in [-0.25, -0.2) is 4.79 Å². The van der Waals surface area contributed by atoms with Gasteiger partial charge in [-0.1, -0.05) is 6.92 Å². The van der Waals surface area contributed by atoms with Gasteiger partial charge in [0.05, 0.1) is 35.4 Å². The van der Waals surface area contributed by atoms with E-state index in [1.54, 1.807) is 36.7 Å². The third kappa shape index (κ3) is 8.19. The summed E-state index contributed by atoms with van der Waals surface area (Å²) in [6.07, 6.45) is -0.376. The van der Waals surface area contributed by atoms with Crippen LogP contribution in [0.1, 0.15) is 33.6 Å². The zero-order valence-corrected chi connectivity index (χ0v) is 12.4. The highest BCUT2D eigenvalue weighted by atomic mass is 127. The quantitative estimate of drug-likeness (QED) is 0.377. The number of aliphatic hydroxyl groups excluding tert-OH is 1. The predicted octanol–water partition coefficient (Wildman–Crippen LogP) is 1.12. The summed E-state index contributed by atoms with van der Waals surface area (Å²) in [5.41, 5.74) is -0.524. The van der Waals surface area contributed by atoms with Crippen molar-refractivity contribution in [2.24, 2.45) is 0 Å². The van der Waals surface area contributed by atoms with E-state index in [1.807, 2.05) is 6.92 Å². The van der Waals surface area contributed by atoms with Crippen molar-refractivity contribution in [3.63, 3.8) is 0 Å². The number of ether oxygens (including phenoxy) is 1. The van der Waals surface area contributed by atoms with Gasteiger partial charge in [0.15, 0.2) is 0 Å². The topological polar surface area (TPSA) is 87.7 Å². The van der Waals surface area contributed by atoms with Gasteiger partial charge < -0.3 is 15.2 Å². The summed E-state index contributed by atoms with van der Waals surface area (Å²) in [5, 5.41) is 11.9. The number of nitrogens with one attached hydrogen (secondary N) is 2. The molecule has 0 saturated carbocycles. The Morgan fingerprint density at radius 2 is 2.06 bits per heavy atom. The molecule has 0 aliphatic carbocycles. The molecule has 0 spiro atoms. The van der Waals surface area contributed by atoms with Gasteiger partial charge in [-0.15, -0.1) is 0 Å². The molecule has 7 heteroatoms. The number of carbonyl (C=O) groups excluding carboxylic acids is 2. The van der Waals surface area contributed by atoms with Crippen LogP contribution in [0.3, 0.4) is 0 Å². The highest BCUT2D eigenvalue weighted by molar-refractivity contribution is 14.1. The van der Waals surface area contributed by atoms with Gasteiger partial charge in [-0.3, -0.25) is 8.32 Å². The molecule has 1 atom stereocenters. The second-order valence-electron chi connectivity index (χ2n) is 4.25. The molecular weight excluding hydrogens is 339 g/mol. The molecule has 0 aromatic heterocycles. The molecule has 17 heavy (non-hydrogen) atoms. The average molecular weight is 358 g/mol. The summed E-state index contributed by atoms with van der Waals surface area (Å²) in [4.78, 5) is 22.3. The maximum Gasteiger partial charge on any atom is 0.323 e. The third-order valence-electron chi connectivity index (χ3n) is 2.23. The standard InChI is InChI=1S/C10H19IN2O4/c1-4-10(2,3)17-8(15)5-7(14)6-12-9(16)13-11/h7,14H,4-6H2,1-3H3,(H2,12,13,16). The van der Waals surface area contributed by atoms with Gasteiger partial charge in [0.25, 0.3) is 0 Å². The molecule has 3 N–H and O–H groups in total. The smallest absolute Gasteiger partial charge is 0.323 e. The number of aliphatic hydroxyl groups is 1. The van der Waals surface area contributed by atoms with Crippen LogP contribution in [-0.4, -0.2) is 35.4 Å². The maximum absolute atomic E-state index is 11.4. The van der Waals surface area contributed by atoms with Gasteiger partial charge in [0, 0.05) is 6.54 Å². The molecule has 2 amide bonds. The number of hydrogen-bond donors (Lipinski definition) is 3. The Morgan fingerprint density at radius 3 is 2.53 bits per heavy atom. The number of rotatable bonds is 6. The van der Waals surface area contributed by atoms with Crippen molar-refractivity contribution >= 4 is 34.9 Å². The van der Waals surface area contributed by atoms with E-state index in [-0.39, 0.29) is 13.0 Å². The van der Waals surface area contributed by atoms with Crippen LogP contribution in [-0.2, 0) is 9.53 Å². The van der Waals surface area contributed by atoms with Gasteiger partial charge in [-0.2, -0.15) is 0 Å². The van der Waals surface area contributed by atoms with Crippen molar-refractivity contribution in [3.05, 3.63) is 0 Å². The number of urea groups is 1. The Morgan fingerprint density at radius 1 is 1.47 bits per heavy atom. The Hall–Kier alpha value is -0.570. The Kier molecular flexibility index (Phi) is 7.44. The first-order chi connectivity index (χ1) is 7.80. The molecule has 0 saturated heterocycles. The van der Waals surface area contributed by atoms with Gasteiger partial charge >= 0.3 is 12.0 Å². The highest BCUT2D eigenvalue weighted by Crippen LogP contribution is 2.14. The zero-order chi connectivity index (χ0) is 13.5. The van der Waals surface area contributed by atoms with Crippen LogP contribution >= 0.6 is 22.9 Å². The summed E-state index contributed by atoms with van der Waals surface area (Å²) < 4.78 is 7.48. The third-order valence-corrected chi connectivity index (χ3v) is 2.72. The van der Waals surface area contributed by atoms with Crippen molar-refractivity contribution in [2.45, 2.75) is 45.3 Å². The fourth-order valence-corrected chi connectivity index (χ4v) is 1.12. The highest BCUT2D eigenvalue weighted by Gasteiger charge is 2.22. The van der Waals surface area contributed by atoms with Crippen LogP contribution < -0.4 is 8.85 Å². The summed E-state index contributed by atoms with van der Waals surface area (Å²) in [5.74, 6) is -0.471. The Balaban J connectivity index is 3.92. The number of halogens is 1. The van der Waals surface area contributed by atoms with E-state index in [1.165, 1.54) is 0 Å². The Labute approximate surface area is 115 Å². The lowest BCUT2D eigenvalue weighted by molar-refractivity contribution is -0.158. The minimum atomic E-state index is -0.941. The van der Waals surface area contributed by atoms with E-state index < -0.39 is 23.7 Å². The van der Waals surface area contributed by atoms with Crippen molar-refractivity contribution in [1.29, 1.82) is 0 Å². The fraction of sp³-hybridized carbons (Fsp3) is 0.800. The van der Waals surface area contributed by atoms with Gasteiger partial charge in [0.1, 0.15) is 5.60 Å². The van der Waals surface area contributed by atoms with E-state index in [0.717, 1.165) is 0 Å². The fourth-order valence-electron chi connectivity index (χ4n) is 0.930. The van der Waals surface area contributed by atoms with Crippen molar-refractivity contribution < 1.29 is 19.4 Å². The summed E-state index contributed by atoms with van der Waals surface area (Å²) in [6.45, 7) is 5.53. The van der Waals surface area contributed by atoms with Gasteiger partial charge in [0.2, 0.25) is 0 Å². The van der Waals surface area contributed by atoms with Crippen LogP contribution in [0.15, 0.2) is 0 Å². The van der Waals surface area contributed by atoms with Crippen LogP contribution in [0.4, 0.5) is 4.79 Å². The first-order valence-electron chi connectivity index (χ1n) is 5.35. The number of amides is 2. The second-order valence-corrected chi connectivity index (χ2v) is 4.79. The molecule has 0 aliphatic rings. The van der Waals surface area contributed by atoms with Crippen molar-refractivity contribution in [2.75, 3.05) is 6.54 Å². The summed E-state index contributed by atoms with van der Waals surface area (Å²) in [7, 11) is 0. The minimum absolute atomic E-state index is 0.0104. The molecule has 100 valence electrons. The van der Waals surface area contributed by atoms with Crippen LogP contribution in [0.5, 0.6) is 0 Å². The maximum atomic E-state index is 11.4. The van der Waals surface area contributed by atoms with Crippen LogP contribution in [0.2, 0.25) is 0 Å². The van der Waals surface area contributed by atoms with Crippen LogP contribution in [0, 0.1) is 0 Å². The van der Waals surface area contributed by atoms with Crippen molar-refractivity contribution in [3.8, 4) is 0 Å². The van der Waals surface area contributed by atoms with Crippen LogP contribution in [0.25, 0.3) is 0 Å². The monoisotopic (exact) mass is 358 g/mol. The Bertz CT molecular complexity index is 271. The lowest BCUT2D eigenvalue weighted by Gasteiger charge is -2.24. The number of esters is 1. The summed E-state index contributed by atoms with van der Waals surface area (Å²) in [6, 6.07) is -0.410. The van der Waals surface area contributed by atoms with E-state index >= 15 is 0 Å². The zero-order valence-electron chi connectivity index (χ0n) is 10.2. The first-order valence-corrected chi connectivity index (χ1v) is 6.43. The number of hydrogen-bond acceptors (Lipinski definition) is 4. The molecular formula is C10H19IN2O4. The lowest BCUT2D eigenvalue weighted by atomic mass is 10.1. The molecule has 0 rings (SSSR count). The van der Waals surface area contributed by atoms with E-state index in [4.69, 9.17) is 4.74 Å². The predicted molar refractivity (Wildman–Crippen MR) is 71.6 cm³/mol. The lowest BCUT2D eigenvalue weighted by Crippen LogP contribution is -2.37. The SMILES string of the molecule is CCC(C)(C)OC(=O)CC(O)CNC(=O)NI. The van der Waals surface area contributed by atoms with Gasteiger partial charge in [-0.05, 0) is 20.3 Å². The molecule has 0 aromatic carbocycles. The molecule has 1 unspecified atom stereocenters. The normalized spacial score (nSPS) is 12.8. The second kappa shape index (κ2) is 7.70. The molecule has 6 nitrogen and oxygen atoms in total. The van der Waals surface area contributed by atoms with E-state index in [2.05, 4.69) is 8.85 Å². The first kappa shape index (κ1) is 16.4. The largest absolute Gasteiger partial charge is 0.460 e. The average Bonchev–Trinajstić information content (AvgIpc) is 2.24. The molecule has 0 fully saturated rings. The van der Waals surface area contributed by atoms with E-state index in [0.29, 0.717) is 6.42 Å². The number of carbonyl (C=O) groups is 2. The molecule has 0 aliphatic heterocycles. The van der Waals surface area contributed by atoms with Crippen molar-refractivity contribution in [1.82, 2.24) is 8.85 Å². The van der Waals surface area contributed by atoms with E-state index in [9.17, 15) is 14.7 Å². The summed E-state index contributed by atoms with van der Waals surface area (Å²) >= 11 is 1.67. The molecule has 0 heterocycles.